The van der Waals surface area contributed by atoms with E-state index in [2.05, 4.69) is 10.3 Å². The fourth-order valence-corrected chi connectivity index (χ4v) is 2.97. The molecule has 0 radical (unpaired) electrons. The Morgan fingerprint density at radius 2 is 2.33 bits per heavy atom. The second-order valence-electron chi connectivity index (χ2n) is 4.88. The van der Waals surface area contributed by atoms with E-state index in [0.717, 1.165) is 11.4 Å². The number of carbonyl (C=O) groups excluding carboxylic acids is 1. The summed E-state index contributed by atoms with van der Waals surface area (Å²) in [4.78, 5) is 16.2. The Morgan fingerprint density at radius 1 is 1.48 bits per heavy atom. The Morgan fingerprint density at radius 3 is 3.10 bits per heavy atom. The molecule has 2 aromatic rings. The number of rotatable bonds is 4. The second-order valence-corrected chi connectivity index (χ2v) is 5.83. The van der Waals surface area contributed by atoms with Crippen LogP contribution in [0.25, 0.3) is 11.3 Å². The first kappa shape index (κ1) is 14.2. The van der Waals surface area contributed by atoms with Crippen molar-refractivity contribution in [3.05, 3.63) is 40.5 Å². The van der Waals surface area contributed by atoms with Gasteiger partial charge >= 0.3 is 0 Å². The van der Waals surface area contributed by atoms with Crippen LogP contribution in [0.2, 0.25) is 0 Å². The lowest BCUT2D eigenvalue weighted by Crippen LogP contribution is -2.30. The molecule has 1 aromatic carbocycles. The summed E-state index contributed by atoms with van der Waals surface area (Å²) < 4.78 is 18.9. The predicted molar refractivity (Wildman–Crippen MR) is 78.3 cm³/mol. The molecule has 1 aliphatic rings. The zero-order valence-electron chi connectivity index (χ0n) is 11.3. The molecule has 4 nitrogen and oxygen atoms in total. The van der Waals surface area contributed by atoms with E-state index in [9.17, 15) is 9.18 Å². The van der Waals surface area contributed by atoms with Gasteiger partial charge in [0.2, 0.25) is 5.91 Å². The van der Waals surface area contributed by atoms with Crippen molar-refractivity contribution in [2.24, 2.45) is 5.92 Å². The number of nitrogens with zero attached hydrogens (tertiary/aromatic N) is 1. The van der Waals surface area contributed by atoms with Crippen molar-refractivity contribution < 1.29 is 13.9 Å². The average Bonchev–Trinajstić information content (AvgIpc) is 3.17. The highest BCUT2D eigenvalue weighted by molar-refractivity contribution is 7.09. The predicted octanol–water partition coefficient (Wildman–Crippen LogP) is 2.60. The molecule has 6 heteroatoms. The first-order valence-corrected chi connectivity index (χ1v) is 7.67. The summed E-state index contributed by atoms with van der Waals surface area (Å²) in [5.74, 6) is -0.354. The summed E-state index contributed by atoms with van der Waals surface area (Å²) in [6.07, 6.45) is 0.768. The maximum absolute atomic E-state index is 13.7. The fraction of sp³-hybridized carbons (Fsp3) is 0.333. The molecule has 1 saturated heterocycles. The van der Waals surface area contributed by atoms with Gasteiger partial charge in [-0.1, -0.05) is 12.1 Å². The van der Waals surface area contributed by atoms with Crippen molar-refractivity contribution in [3.63, 3.8) is 0 Å². The molecule has 0 bridgehead atoms. The normalized spacial score (nSPS) is 17.9. The topological polar surface area (TPSA) is 51.2 Å². The third kappa shape index (κ3) is 3.28. The van der Waals surface area contributed by atoms with Crippen LogP contribution >= 0.6 is 11.3 Å². The number of carbonyl (C=O) groups is 1. The van der Waals surface area contributed by atoms with Crippen LogP contribution in [0.15, 0.2) is 29.6 Å². The second kappa shape index (κ2) is 6.32. The van der Waals surface area contributed by atoms with Gasteiger partial charge in [0.25, 0.3) is 0 Å². The van der Waals surface area contributed by atoms with Crippen molar-refractivity contribution >= 4 is 17.2 Å². The van der Waals surface area contributed by atoms with E-state index >= 15 is 0 Å². The van der Waals surface area contributed by atoms with E-state index < -0.39 is 0 Å². The van der Waals surface area contributed by atoms with E-state index in [-0.39, 0.29) is 17.6 Å². The minimum absolute atomic E-state index is 0.00450. The van der Waals surface area contributed by atoms with Crippen LogP contribution < -0.4 is 5.32 Å². The van der Waals surface area contributed by atoms with Crippen LogP contribution in [0.3, 0.4) is 0 Å². The van der Waals surface area contributed by atoms with Gasteiger partial charge in [0.1, 0.15) is 10.8 Å². The summed E-state index contributed by atoms with van der Waals surface area (Å²) in [7, 11) is 0. The number of halogens is 1. The lowest BCUT2D eigenvalue weighted by atomic mass is 10.1. The van der Waals surface area contributed by atoms with Gasteiger partial charge in [0, 0.05) is 17.6 Å². The van der Waals surface area contributed by atoms with Crippen LogP contribution in [0, 0.1) is 11.7 Å². The lowest BCUT2D eigenvalue weighted by molar-refractivity contribution is -0.125. The minimum atomic E-state index is -0.290. The number of thiazole rings is 1. The molecule has 1 N–H and O–H groups in total. The molecule has 110 valence electrons. The van der Waals surface area contributed by atoms with E-state index in [1.165, 1.54) is 17.4 Å². The van der Waals surface area contributed by atoms with Gasteiger partial charge in [-0.2, -0.15) is 0 Å². The first-order chi connectivity index (χ1) is 10.2. The SMILES string of the molecule is O=C(NCc1nc(-c2ccccc2F)cs1)[C@@H]1CCOC1. The van der Waals surface area contributed by atoms with Crippen molar-refractivity contribution in [1.29, 1.82) is 0 Å². The number of ether oxygens (including phenoxy) is 1. The van der Waals surface area contributed by atoms with Gasteiger partial charge in [-0.15, -0.1) is 11.3 Å². The van der Waals surface area contributed by atoms with E-state index in [1.54, 1.807) is 23.6 Å². The summed E-state index contributed by atoms with van der Waals surface area (Å²) in [6, 6.07) is 6.54. The maximum atomic E-state index is 13.7. The highest BCUT2D eigenvalue weighted by Crippen LogP contribution is 2.24. The number of hydrogen-bond acceptors (Lipinski definition) is 4. The van der Waals surface area contributed by atoms with Crippen molar-refractivity contribution in [3.8, 4) is 11.3 Å². The van der Waals surface area contributed by atoms with Crippen LogP contribution in [-0.4, -0.2) is 24.1 Å². The van der Waals surface area contributed by atoms with Gasteiger partial charge in [0.05, 0.1) is 24.8 Å². The molecule has 1 amide bonds. The van der Waals surface area contributed by atoms with Gasteiger partial charge in [-0.05, 0) is 18.6 Å². The summed E-state index contributed by atoms with van der Waals surface area (Å²) >= 11 is 1.41. The Hall–Kier alpha value is -1.79. The highest BCUT2D eigenvalue weighted by Gasteiger charge is 2.23. The monoisotopic (exact) mass is 306 g/mol. The zero-order valence-corrected chi connectivity index (χ0v) is 12.2. The standard InChI is InChI=1S/C15H15FN2O2S/c16-12-4-2-1-3-11(12)13-9-21-14(18-13)7-17-15(19)10-5-6-20-8-10/h1-4,9-10H,5-8H2,(H,17,19)/t10-/m1/s1. The van der Waals surface area contributed by atoms with E-state index in [4.69, 9.17) is 4.74 Å². The number of nitrogens with one attached hydrogen (secondary N) is 1. The molecule has 1 atom stereocenters. The molecular weight excluding hydrogens is 291 g/mol. The minimum Gasteiger partial charge on any atom is -0.381 e. The fourth-order valence-electron chi connectivity index (χ4n) is 2.23. The van der Waals surface area contributed by atoms with Gasteiger partial charge in [0.15, 0.2) is 0 Å². The van der Waals surface area contributed by atoms with Gasteiger partial charge in [-0.25, -0.2) is 9.37 Å². The lowest BCUT2D eigenvalue weighted by Gasteiger charge is -2.07. The summed E-state index contributed by atoms with van der Waals surface area (Å²) in [5, 5.41) is 5.42. The Kier molecular flexibility index (Phi) is 4.26. The van der Waals surface area contributed by atoms with E-state index in [0.29, 0.717) is 31.0 Å². The molecule has 0 spiro atoms. The third-order valence-corrected chi connectivity index (χ3v) is 4.26. The molecule has 1 aliphatic heterocycles. The summed E-state index contributed by atoms with van der Waals surface area (Å²) in [6.45, 7) is 1.51. The quantitative estimate of drug-likeness (QED) is 0.944. The van der Waals surface area contributed by atoms with Gasteiger partial charge in [-0.3, -0.25) is 4.79 Å². The molecule has 0 saturated carbocycles. The smallest absolute Gasteiger partial charge is 0.225 e. The molecule has 0 aliphatic carbocycles. The Labute approximate surface area is 126 Å². The van der Waals surface area contributed by atoms with E-state index in [1.807, 2.05) is 0 Å². The highest BCUT2D eigenvalue weighted by atomic mass is 32.1. The van der Waals surface area contributed by atoms with Crippen LogP contribution in [-0.2, 0) is 16.1 Å². The summed E-state index contributed by atoms with van der Waals surface area (Å²) in [5.41, 5.74) is 1.09. The van der Waals surface area contributed by atoms with Crippen LogP contribution in [0.1, 0.15) is 11.4 Å². The Balaban J connectivity index is 1.63. The average molecular weight is 306 g/mol. The molecular formula is C15H15FN2O2S. The number of aromatic nitrogens is 1. The number of amides is 1. The van der Waals surface area contributed by atoms with Crippen LogP contribution in [0.5, 0.6) is 0 Å². The Bertz CT molecular complexity index is 638. The number of hydrogen-bond donors (Lipinski definition) is 1. The molecule has 21 heavy (non-hydrogen) atoms. The van der Waals surface area contributed by atoms with Gasteiger partial charge < -0.3 is 10.1 Å². The third-order valence-electron chi connectivity index (χ3n) is 3.42. The van der Waals surface area contributed by atoms with Crippen molar-refractivity contribution in [2.45, 2.75) is 13.0 Å². The molecule has 1 fully saturated rings. The molecule has 3 rings (SSSR count). The zero-order chi connectivity index (χ0) is 14.7. The maximum Gasteiger partial charge on any atom is 0.225 e. The molecule has 0 unspecified atom stereocenters. The largest absolute Gasteiger partial charge is 0.381 e. The molecule has 1 aromatic heterocycles. The van der Waals surface area contributed by atoms with Crippen molar-refractivity contribution in [1.82, 2.24) is 10.3 Å². The number of benzene rings is 1. The van der Waals surface area contributed by atoms with Crippen LogP contribution in [0.4, 0.5) is 4.39 Å². The van der Waals surface area contributed by atoms with Crippen molar-refractivity contribution in [2.75, 3.05) is 13.2 Å². The molecule has 2 heterocycles. The first-order valence-electron chi connectivity index (χ1n) is 6.79.